The van der Waals surface area contributed by atoms with Crippen LogP contribution >= 0.6 is 0 Å². The molecule has 10 heteroatoms. The van der Waals surface area contributed by atoms with Crippen LogP contribution in [-0.4, -0.2) is 78.3 Å². The third-order valence-corrected chi connectivity index (χ3v) is 5.14. The van der Waals surface area contributed by atoms with Gasteiger partial charge in [0.2, 0.25) is 0 Å². The summed E-state index contributed by atoms with van der Waals surface area (Å²) in [4.78, 5) is 13.7. The van der Waals surface area contributed by atoms with Gasteiger partial charge in [-0.15, -0.1) is 0 Å². The van der Waals surface area contributed by atoms with Crippen LogP contribution in [0.1, 0.15) is 10.5 Å². The van der Waals surface area contributed by atoms with Gasteiger partial charge in [0, 0.05) is 40.3 Å². The average molecular weight is 302 g/mol. The molecule has 1 aromatic heterocycles. The predicted molar refractivity (Wildman–Crippen MR) is 73.1 cm³/mol. The normalized spacial score (nSPS) is 17.6. The summed E-state index contributed by atoms with van der Waals surface area (Å²) >= 11 is 0. The Balaban J connectivity index is 2.02. The number of hydrogen-bond donors (Lipinski definition) is 2. The van der Waals surface area contributed by atoms with E-state index in [4.69, 9.17) is 5.73 Å². The first kappa shape index (κ1) is 14.8. The number of rotatable bonds is 3. The Morgan fingerprint density at radius 2 is 1.95 bits per heavy atom. The maximum absolute atomic E-state index is 12.2. The summed E-state index contributed by atoms with van der Waals surface area (Å²) in [5.74, 6) is -0.262. The fourth-order valence-corrected chi connectivity index (χ4v) is 3.06. The molecule has 1 saturated heterocycles. The standard InChI is InChI=1S/C10H18N6O3S/c1-14(2)20(18,19)16-5-3-15(4-6-16)10(17)9-8(11)7-12-13-9/h7H,3-6,11H2,1-2H3,(H,12,13). The minimum absolute atomic E-state index is 0.244. The predicted octanol–water partition coefficient (Wildman–Crippen LogP) is -1.44. The number of nitrogen functional groups attached to an aromatic ring is 1. The SMILES string of the molecule is CN(C)S(=O)(=O)N1CCN(C(=O)c2[nH]ncc2N)CC1. The van der Waals surface area contributed by atoms with Crippen molar-refractivity contribution >= 4 is 21.8 Å². The van der Waals surface area contributed by atoms with E-state index in [1.54, 1.807) is 4.90 Å². The number of carbonyl (C=O) groups excluding carboxylic acids is 1. The summed E-state index contributed by atoms with van der Waals surface area (Å²) in [5.41, 5.74) is 6.16. The van der Waals surface area contributed by atoms with Crippen molar-refractivity contribution in [2.75, 3.05) is 46.0 Å². The van der Waals surface area contributed by atoms with Crippen molar-refractivity contribution in [1.82, 2.24) is 23.7 Å². The van der Waals surface area contributed by atoms with E-state index >= 15 is 0 Å². The Hall–Kier alpha value is -1.65. The van der Waals surface area contributed by atoms with Crippen LogP contribution in [0.25, 0.3) is 0 Å². The molecule has 1 aromatic rings. The highest BCUT2D eigenvalue weighted by molar-refractivity contribution is 7.86. The molecule has 1 amide bonds. The minimum Gasteiger partial charge on any atom is -0.396 e. The number of carbonyl (C=O) groups is 1. The van der Waals surface area contributed by atoms with Gasteiger partial charge in [-0.2, -0.15) is 22.1 Å². The topological polar surface area (TPSA) is 116 Å². The molecule has 2 rings (SSSR count). The summed E-state index contributed by atoms with van der Waals surface area (Å²) in [6, 6.07) is 0. The molecule has 0 unspecified atom stereocenters. The highest BCUT2D eigenvalue weighted by atomic mass is 32.2. The minimum atomic E-state index is -3.43. The summed E-state index contributed by atoms with van der Waals surface area (Å²) in [6.45, 7) is 1.18. The van der Waals surface area contributed by atoms with E-state index in [0.29, 0.717) is 18.8 Å². The maximum atomic E-state index is 12.2. The van der Waals surface area contributed by atoms with Gasteiger partial charge in [-0.25, -0.2) is 0 Å². The van der Waals surface area contributed by atoms with Crippen LogP contribution in [0.4, 0.5) is 5.69 Å². The molecular weight excluding hydrogens is 284 g/mol. The Morgan fingerprint density at radius 3 is 2.40 bits per heavy atom. The second-order valence-electron chi connectivity index (χ2n) is 4.68. The second-order valence-corrected chi connectivity index (χ2v) is 6.82. The highest BCUT2D eigenvalue weighted by Gasteiger charge is 2.31. The smallest absolute Gasteiger partial charge is 0.281 e. The number of nitrogens with two attached hydrogens (primary N) is 1. The van der Waals surface area contributed by atoms with Gasteiger partial charge in [0.05, 0.1) is 11.9 Å². The fourth-order valence-electron chi connectivity index (χ4n) is 1.98. The van der Waals surface area contributed by atoms with Gasteiger partial charge < -0.3 is 10.6 Å². The maximum Gasteiger partial charge on any atom is 0.281 e. The van der Waals surface area contributed by atoms with E-state index < -0.39 is 10.2 Å². The molecule has 0 saturated carbocycles. The molecule has 20 heavy (non-hydrogen) atoms. The number of anilines is 1. The molecule has 2 heterocycles. The van der Waals surface area contributed by atoms with Crippen molar-refractivity contribution in [3.63, 3.8) is 0 Å². The number of amides is 1. The van der Waals surface area contributed by atoms with Gasteiger partial charge in [-0.1, -0.05) is 0 Å². The van der Waals surface area contributed by atoms with Crippen LogP contribution < -0.4 is 5.73 Å². The van der Waals surface area contributed by atoms with E-state index in [0.717, 1.165) is 4.31 Å². The third-order valence-electron chi connectivity index (χ3n) is 3.20. The van der Waals surface area contributed by atoms with Crippen molar-refractivity contribution in [2.45, 2.75) is 0 Å². The second kappa shape index (κ2) is 5.38. The summed E-state index contributed by atoms with van der Waals surface area (Å²) in [6.07, 6.45) is 1.37. The number of hydrogen-bond acceptors (Lipinski definition) is 5. The van der Waals surface area contributed by atoms with Crippen LogP contribution in [0.15, 0.2) is 6.20 Å². The number of piperazine rings is 1. The van der Waals surface area contributed by atoms with E-state index in [1.807, 2.05) is 0 Å². The van der Waals surface area contributed by atoms with Gasteiger partial charge in [0.25, 0.3) is 16.1 Å². The molecular formula is C10H18N6O3S. The molecule has 0 spiro atoms. The molecule has 3 N–H and O–H groups in total. The van der Waals surface area contributed by atoms with Crippen molar-refractivity contribution in [3.05, 3.63) is 11.9 Å². The first-order valence-electron chi connectivity index (χ1n) is 6.09. The lowest BCUT2D eigenvalue weighted by Gasteiger charge is -2.34. The molecule has 0 radical (unpaired) electrons. The van der Waals surface area contributed by atoms with Crippen LogP contribution in [-0.2, 0) is 10.2 Å². The molecule has 1 fully saturated rings. The number of nitrogens with zero attached hydrogens (tertiary/aromatic N) is 4. The molecule has 0 aromatic carbocycles. The summed E-state index contributed by atoms with van der Waals surface area (Å²) < 4.78 is 26.4. The molecule has 0 atom stereocenters. The van der Waals surface area contributed by atoms with Gasteiger partial charge in [-0.3, -0.25) is 9.89 Å². The van der Waals surface area contributed by atoms with Gasteiger partial charge in [0.1, 0.15) is 5.69 Å². The molecule has 9 nitrogen and oxygen atoms in total. The first-order chi connectivity index (χ1) is 9.34. The first-order valence-corrected chi connectivity index (χ1v) is 7.49. The van der Waals surface area contributed by atoms with E-state index in [9.17, 15) is 13.2 Å². The number of aromatic amines is 1. The molecule has 1 aliphatic heterocycles. The van der Waals surface area contributed by atoms with Crippen molar-refractivity contribution in [3.8, 4) is 0 Å². The zero-order valence-corrected chi connectivity index (χ0v) is 12.2. The van der Waals surface area contributed by atoms with Gasteiger partial charge in [-0.05, 0) is 0 Å². The number of nitrogens with one attached hydrogen (secondary N) is 1. The monoisotopic (exact) mass is 302 g/mol. The zero-order chi connectivity index (χ0) is 14.9. The Labute approximate surface area is 117 Å². The molecule has 112 valence electrons. The summed E-state index contributed by atoms with van der Waals surface area (Å²) in [5, 5.41) is 6.26. The molecule has 0 bridgehead atoms. The Morgan fingerprint density at radius 1 is 1.35 bits per heavy atom. The largest absolute Gasteiger partial charge is 0.396 e. The van der Waals surface area contributed by atoms with E-state index in [2.05, 4.69) is 10.2 Å². The van der Waals surface area contributed by atoms with Crippen LogP contribution in [0.5, 0.6) is 0 Å². The summed E-state index contributed by atoms with van der Waals surface area (Å²) in [7, 11) is -0.459. The number of aromatic nitrogens is 2. The van der Waals surface area contributed by atoms with Gasteiger partial charge >= 0.3 is 0 Å². The average Bonchev–Trinajstić information content (AvgIpc) is 2.84. The third kappa shape index (κ3) is 2.62. The van der Waals surface area contributed by atoms with Crippen LogP contribution in [0, 0.1) is 0 Å². The number of H-pyrrole nitrogens is 1. The zero-order valence-electron chi connectivity index (χ0n) is 11.4. The lowest BCUT2D eigenvalue weighted by atomic mass is 10.3. The van der Waals surface area contributed by atoms with E-state index in [1.165, 1.54) is 24.6 Å². The van der Waals surface area contributed by atoms with Crippen LogP contribution in [0.2, 0.25) is 0 Å². The molecule has 1 aliphatic rings. The lowest BCUT2D eigenvalue weighted by Crippen LogP contribution is -2.53. The quantitative estimate of drug-likeness (QED) is 0.709. The van der Waals surface area contributed by atoms with Crippen LogP contribution in [0.3, 0.4) is 0 Å². The Bertz CT molecular complexity index is 588. The van der Waals surface area contributed by atoms with Crippen molar-refractivity contribution < 1.29 is 13.2 Å². The van der Waals surface area contributed by atoms with Gasteiger partial charge in [0.15, 0.2) is 0 Å². The molecule has 0 aliphatic carbocycles. The van der Waals surface area contributed by atoms with Crippen molar-refractivity contribution in [1.29, 1.82) is 0 Å². The lowest BCUT2D eigenvalue weighted by molar-refractivity contribution is 0.0690. The fraction of sp³-hybridized carbons (Fsp3) is 0.600. The van der Waals surface area contributed by atoms with Crippen molar-refractivity contribution in [2.24, 2.45) is 0 Å². The van der Waals surface area contributed by atoms with E-state index in [-0.39, 0.29) is 24.7 Å². The Kier molecular flexibility index (Phi) is 3.97. The highest BCUT2D eigenvalue weighted by Crippen LogP contribution is 2.14.